The fourth-order valence-corrected chi connectivity index (χ4v) is 2.23. The molecular formula is C12H13N3O2S. The SMILES string of the molecule is NC(=O)c1ccccc1CNCc1csc(=O)[nH]1. The van der Waals surface area contributed by atoms with Crippen molar-refractivity contribution in [2.45, 2.75) is 13.1 Å². The second-order valence-electron chi connectivity index (χ2n) is 3.80. The summed E-state index contributed by atoms with van der Waals surface area (Å²) in [6.45, 7) is 1.07. The Labute approximate surface area is 108 Å². The van der Waals surface area contributed by atoms with Crippen LogP contribution < -0.4 is 15.9 Å². The molecule has 0 atom stereocenters. The zero-order valence-electron chi connectivity index (χ0n) is 9.60. The highest BCUT2D eigenvalue weighted by atomic mass is 32.1. The van der Waals surface area contributed by atoms with Crippen LogP contribution in [0.2, 0.25) is 0 Å². The molecule has 18 heavy (non-hydrogen) atoms. The molecule has 5 nitrogen and oxygen atoms in total. The lowest BCUT2D eigenvalue weighted by Gasteiger charge is -2.07. The molecule has 0 saturated carbocycles. The van der Waals surface area contributed by atoms with Crippen LogP contribution in [0.1, 0.15) is 21.6 Å². The summed E-state index contributed by atoms with van der Waals surface area (Å²) in [6, 6.07) is 7.19. The predicted molar refractivity (Wildman–Crippen MR) is 70.4 cm³/mol. The maximum absolute atomic E-state index is 11.2. The summed E-state index contributed by atoms with van der Waals surface area (Å²) in [4.78, 5) is 24.8. The van der Waals surface area contributed by atoms with Crippen molar-refractivity contribution in [1.29, 1.82) is 0 Å². The van der Waals surface area contributed by atoms with Crippen molar-refractivity contribution in [2.75, 3.05) is 0 Å². The molecule has 0 saturated heterocycles. The minimum atomic E-state index is -0.434. The number of amides is 1. The highest BCUT2D eigenvalue weighted by Gasteiger charge is 2.06. The van der Waals surface area contributed by atoms with E-state index in [-0.39, 0.29) is 4.87 Å². The summed E-state index contributed by atoms with van der Waals surface area (Å²) in [5.74, 6) is -0.434. The van der Waals surface area contributed by atoms with Gasteiger partial charge in [0.1, 0.15) is 0 Å². The first kappa shape index (κ1) is 12.5. The van der Waals surface area contributed by atoms with E-state index in [1.807, 2.05) is 12.1 Å². The molecule has 6 heteroatoms. The summed E-state index contributed by atoms with van der Waals surface area (Å²) >= 11 is 1.13. The molecule has 0 aliphatic carbocycles. The second kappa shape index (κ2) is 5.61. The minimum absolute atomic E-state index is 0.0654. The van der Waals surface area contributed by atoms with Crippen molar-refractivity contribution >= 4 is 17.2 Å². The van der Waals surface area contributed by atoms with Crippen LogP contribution in [0.15, 0.2) is 34.4 Å². The zero-order chi connectivity index (χ0) is 13.0. The van der Waals surface area contributed by atoms with E-state index in [2.05, 4.69) is 10.3 Å². The largest absolute Gasteiger partial charge is 0.366 e. The molecule has 4 N–H and O–H groups in total. The molecule has 0 bridgehead atoms. The first-order valence-electron chi connectivity index (χ1n) is 5.42. The molecule has 0 fully saturated rings. The van der Waals surface area contributed by atoms with E-state index >= 15 is 0 Å². The predicted octanol–water partition coefficient (Wildman–Crippen LogP) is 0.825. The minimum Gasteiger partial charge on any atom is -0.366 e. The van der Waals surface area contributed by atoms with Crippen molar-refractivity contribution in [2.24, 2.45) is 5.73 Å². The van der Waals surface area contributed by atoms with Gasteiger partial charge in [0.15, 0.2) is 0 Å². The standard InChI is InChI=1S/C12H13N3O2S/c13-11(16)10-4-2-1-3-8(10)5-14-6-9-7-18-12(17)15-9/h1-4,7,14H,5-6H2,(H2,13,16)(H,15,17). The molecule has 0 radical (unpaired) electrons. The van der Waals surface area contributed by atoms with Crippen molar-refractivity contribution in [3.8, 4) is 0 Å². The topological polar surface area (TPSA) is 88.0 Å². The van der Waals surface area contributed by atoms with Gasteiger partial charge in [-0.15, -0.1) is 0 Å². The van der Waals surface area contributed by atoms with Gasteiger partial charge in [0.05, 0.1) is 0 Å². The van der Waals surface area contributed by atoms with Gasteiger partial charge in [0.2, 0.25) is 5.91 Å². The van der Waals surface area contributed by atoms with Gasteiger partial charge in [0.25, 0.3) is 0 Å². The van der Waals surface area contributed by atoms with Gasteiger partial charge >= 0.3 is 4.87 Å². The molecule has 0 aliphatic heterocycles. The summed E-state index contributed by atoms with van der Waals surface area (Å²) in [7, 11) is 0. The number of hydrogen-bond donors (Lipinski definition) is 3. The lowest BCUT2D eigenvalue weighted by Crippen LogP contribution is -2.19. The normalized spacial score (nSPS) is 10.4. The average Bonchev–Trinajstić information content (AvgIpc) is 2.75. The van der Waals surface area contributed by atoms with E-state index in [0.717, 1.165) is 22.6 Å². The maximum atomic E-state index is 11.2. The summed E-state index contributed by atoms with van der Waals surface area (Å²) in [5.41, 5.74) is 7.49. The lowest BCUT2D eigenvalue weighted by molar-refractivity contribution is 0.0999. The number of H-pyrrole nitrogens is 1. The third-order valence-corrected chi connectivity index (χ3v) is 3.20. The van der Waals surface area contributed by atoms with Crippen LogP contribution in [0.25, 0.3) is 0 Å². The number of aromatic amines is 1. The van der Waals surface area contributed by atoms with E-state index in [0.29, 0.717) is 18.7 Å². The molecular weight excluding hydrogens is 250 g/mol. The first-order valence-corrected chi connectivity index (χ1v) is 6.30. The number of nitrogens with two attached hydrogens (primary N) is 1. The van der Waals surface area contributed by atoms with E-state index in [1.54, 1.807) is 17.5 Å². The van der Waals surface area contributed by atoms with Crippen LogP contribution in [0, 0.1) is 0 Å². The van der Waals surface area contributed by atoms with Crippen LogP contribution >= 0.6 is 11.3 Å². The Balaban J connectivity index is 1.98. The Kier molecular flexibility index (Phi) is 3.91. The van der Waals surface area contributed by atoms with Gasteiger partial charge < -0.3 is 16.0 Å². The summed E-state index contributed by atoms with van der Waals surface area (Å²) in [5, 5.41) is 4.93. The van der Waals surface area contributed by atoms with E-state index in [9.17, 15) is 9.59 Å². The fourth-order valence-electron chi connectivity index (χ4n) is 1.65. The Morgan fingerprint density at radius 2 is 2.11 bits per heavy atom. The monoisotopic (exact) mass is 263 g/mol. The lowest BCUT2D eigenvalue weighted by atomic mass is 10.1. The summed E-state index contributed by atoms with van der Waals surface area (Å²) in [6.07, 6.45) is 0. The third kappa shape index (κ3) is 3.06. The Hall–Kier alpha value is -1.92. The molecule has 94 valence electrons. The number of nitrogens with one attached hydrogen (secondary N) is 2. The number of rotatable bonds is 5. The van der Waals surface area contributed by atoms with Crippen LogP contribution in [-0.2, 0) is 13.1 Å². The molecule has 1 heterocycles. The third-order valence-electron chi connectivity index (χ3n) is 2.48. The van der Waals surface area contributed by atoms with Crippen LogP contribution in [-0.4, -0.2) is 10.9 Å². The van der Waals surface area contributed by atoms with Crippen molar-refractivity contribution in [3.05, 3.63) is 56.1 Å². The van der Waals surface area contributed by atoms with Gasteiger partial charge in [-0.05, 0) is 11.6 Å². The first-order chi connectivity index (χ1) is 8.66. The molecule has 1 amide bonds. The maximum Gasteiger partial charge on any atom is 0.304 e. The number of aromatic nitrogens is 1. The van der Waals surface area contributed by atoms with Gasteiger partial charge in [-0.25, -0.2) is 0 Å². The second-order valence-corrected chi connectivity index (χ2v) is 4.64. The molecule has 0 aliphatic rings. The van der Waals surface area contributed by atoms with Crippen LogP contribution in [0.3, 0.4) is 0 Å². The van der Waals surface area contributed by atoms with Gasteiger partial charge in [-0.3, -0.25) is 9.59 Å². The molecule has 2 rings (SSSR count). The van der Waals surface area contributed by atoms with Gasteiger partial charge in [-0.1, -0.05) is 29.5 Å². The van der Waals surface area contributed by atoms with Crippen molar-refractivity contribution in [3.63, 3.8) is 0 Å². The summed E-state index contributed by atoms with van der Waals surface area (Å²) < 4.78 is 0. The van der Waals surface area contributed by atoms with Crippen molar-refractivity contribution < 1.29 is 4.79 Å². The molecule has 0 spiro atoms. The number of primary amides is 1. The number of carbonyl (C=O) groups is 1. The Morgan fingerprint density at radius 3 is 2.78 bits per heavy atom. The fraction of sp³-hybridized carbons (Fsp3) is 0.167. The number of benzene rings is 1. The highest BCUT2D eigenvalue weighted by Crippen LogP contribution is 2.07. The number of thiazole rings is 1. The van der Waals surface area contributed by atoms with Gasteiger partial charge in [-0.2, -0.15) is 0 Å². The van der Waals surface area contributed by atoms with Crippen LogP contribution in [0.4, 0.5) is 0 Å². The zero-order valence-corrected chi connectivity index (χ0v) is 10.4. The van der Waals surface area contributed by atoms with Gasteiger partial charge in [0, 0.05) is 29.7 Å². The average molecular weight is 263 g/mol. The number of carbonyl (C=O) groups excluding carboxylic acids is 1. The quantitative estimate of drug-likeness (QED) is 0.746. The van der Waals surface area contributed by atoms with E-state index < -0.39 is 5.91 Å². The highest BCUT2D eigenvalue weighted by molar-refractivity contribution is 7.07. The smallest absolute Gasteiger partial charge is 0.304 e. The Morgan fingerprint density at radius 1 is 1.33 bits per heavy atom. The van der Waals surface area contributed by atoms with E-state index in [1.165, 1.54) is 0 Å². The molecule has 0 unspecified atom stereocenters. The van der Waals surface area contributed by atoms with E-state index in [4.69, 9.17) is 5.73 Å². The molecule has 1 aromatic carbocycles. The van der Waals surface area contributed by atoms with Crippen LogP contribution in [0.5, 0.6) is 0 Å². The molecule has 1 aromatic heterocycles. The number of hydrogen-bond acceptors (Lipinski definition) is 4. The molecule has 2 aromatic rings. The Bertz CT molecular complexity index is 603. The van der Waals surface area contributed by atoms with Crippen molar-refractivity contribution in [1.82, 2.24) is 10.3 Å².